The highest BCUT2D eigenvalue weighted by atomic mass is 32.2. The van der Waals surface area contributed by atoms with Gasteiger partial charge in [0.25, 0.3) is 15.9 Å². The maximum Gasteiger partial charge on any atom is 0.409 e. The molecule has 1 aliphatic heterocycles. The minimum atomic E-state index is -3.88. The Balaban J connectivity index is 1.78. The van der Waals surface area contributed by atoms with Gasteiger partial charge in [0.2, 0.25) is 0 Å². The summed E-state index contributed by atoms with van der Waals surface area (Å²) < 4.78 is 33.8. The summed E-state index contributed by atoms with van der Waals surface area (Å²) in [6.45, 7) is 8.98. The Morgan fingerprint density at radius 1 is 0.938 bits per heavy atom. The van der Waals surface area contributed by atoms with Crippen LogP contribution in [0.2, 0.25) is 0 Å². The van der Waals surface area contributed by atoms with Crippen molar-refractivity contribution in [2.45, 2.75) is 32.6 Å². The highest BCUT2D eigenvalue weighted by molar-refractivity contribution is 7.92. The van der Waals surface area contributed by atoms with E-state index in [4.69, 9.17) is 4.74 Å². The summed E-state index contributed by atoms with van der Waals surface area (Å²) in [5.74, 6) is -0.267. The molecule has 1 fully saturated rings. The zero-order valence-electron chi connectivity index (χ0n) is 18.8. The van der Waals surface area contributed by atoms with E-state index in [9.17, 15) is 18.0 Å². The molecule has 2 aromatic carbocycles. The second-order valence-corrected chi connectivity index (χ2v) is 9.53. The number of carbonyl (C=O) groups excluding carboxylic acids is 2. The van der Waals surface area contributed by atoms with E-state index in [1.54, 1.807) is 41.8 Å². The van der Waals surface area contributed by atoms with Gasteiger partial charge < -0.3 is 14.5 Å². The minimum Gasteiger partial charge on any atom is -0.450 e. The molecular formula is C23H29N3O5S. The van der Waals surface area contributed by atoms with Gasteiger partial charge in [-0.05, 0) is 57.0 Å². The van der Waals surface area contributed by atoms with E-state index >= 15 is 0 Å². The van der Waals surface area contributed by atoms with Crippen LogP contribution >= 0.6 is 0 Å². The molecule has 0 aromatic heterocycles. The summed E-state index contributed by atoms with van der Waals surface area (Å²) in [5.41, 5.74) is 3.20. The van der Waals surface area contributed by atoms with Crippen LogP contribution in [0, 0.1) is 20.8 Å². The summed E-state index contributed by atoms with van der Waals surface area (Å²) >= 11 is 0. The molecule has 1 N–H and O–H groups in total. The number of nitrogens with zero attached hydrogens (tertiary/aromatic N) is 2. The van der Waals surface area contributed by atoms with Gasteiger partial charge >= 0.3 is 6.09 Å². The number of hydrogen-bond acceptors (Lipinski definition) is 5. The van der Waals surface area contributed by atoms with E-state index < -0.39 is 10.0 Å². The highest BCUT2D eigenvalue weighted by Gasteiger charge is 2.27. The van der Waals surface area contributed by atoms with Gasteiger partial charge in [0, 0.05) is 31.7 Å². The third kappa shape index (κ3) is 5.21. The number of nitrogens with one attached hydrogen (secondary N) is 1. The maximum absolute atomic E-state index is 13.1. The Morgan fingerprint density at radius 2 is 1.59 bits per heavy atom. The summed E-state index contributed by atoms with van der Waals surface area (Å²) in [4.78, 5) is 28.1. The number of piperazine rings is 1. The van der Waals surface area contributed by atoms with E-state index in [0.29, 0.717) is 49.6 Å². The topological polar surface area (TPSA) is 96.0 Å². The molecule has 1 saturated heterocycles. The van der Waals surface area contributed by atoms with Crippen LogP contribution in [0.25, 0.3) is 0 Å². The van der Waals surface area contributed by atoms with Crippen molar-refractivity contribution in [2.24, 2.45) is 0 Å². The first-order valence-electron chi connectivity index (χ1n) is 10.5. The molecule has 9 heteroatoms. The molecule has 0 bridgehead atoms. The smallest absolute Gasteiger partial charge is 0.409 e. The van der Waals surface area contributed by atoms with Crippen molar-refractivity contribution < 1.29 is 22.7 Å². The molecule has 1 heterocycles. The molecule has 0 atom stereocenters. The predicted octanol–water partition coefficient (Wildman–Crippen LogP) is 3.33. The van der Waals surface area contributed by atoms with Crippen LogP contribution in [0.4, 0.5) is 10.5 Å². The van der Waals surface area contributed by atoms with Gasteiger partial charge in [-0.25, -0.2) is 13.2 Å². The van der Waals surface area contributed by atoms with Crippen molar-refractivity contribution in [3.8, 4) is 0 Å². The van der Waals surface area contributed by atoms with Gasteiger partial charge in [0.05, 0.1) is 17.2 Å². The molecule has 3 rings (SSSR count). The van der Waals surface area contributed by atoms with E-state index in [-0.39, 0.29) is 16.9 Å². The monoisotopic (exact) mass is 459 g/mol. The van der Waals surface area contributed by atoms with Gasteiger partial charge in [-0.3, -0.25) is 9.52 Å². The summed E-state index contributed by atoms with van der Waals surface area (Å²) in [5, 5.41) is 0. The second-order valence-electron chi connectivity index (χ2n) is 7.88. The zero-order chi connectivity index (χ0) is 23.5. The van der Waals surface area contributed by atoms with E-state index in [1.165, 1.54) is 6.07 Å². The third-order valence-electron chi connectivity index (χ3n) is 5.44. The average molecular weight is 460 g/mol. The lowest BCUT2D eigenvalue weighted by atomic mass is 10.1. The first-order chi connectivity index (χ1) is 15.1. The Hall–Kier alpha value is -3.07. The normalized spacial score (nSPS) is 14.2. The fraction of sp³-hybridized carbons (Fsp3) is 0.391. The molecule has 32 heavy (non-hydrogen) atoms. The Kier molecular flexibility index (Phi) is 7.08. The molecule has 2 amide bonds. The number of carbonyl (C=O) groups is 2. The number of ether oxygens (including phenoxy) is 1. The highest BCUT2D eigenvalue weighted by Crippen LogP contribution is 2.24. The molecule has 172 valence electrons. The molecule has 0 aliphatic carbocycles. The van der Waals surface area contributed by atoms with Crippen molar-refractivity contribution in [3.05, 3.63) is 58.7 Å². The number of rotatable bonds is 5. The number of sulfonamides is 1. The van der Waals surface area contributed by atoms with Crippen LogP contribution < -0.4 is 4.72 Å². The van der Waals surface area contributed by atoms with Crippen molar-refractivity contribution >= 4 is 27.7 Å². The SMILES string of the molecule is CCOC(=O)N1CCN(C(=O)c2ccc(C)c(S(=O)(=O)Nc3ccc(C)cc3C)c2)CC1. The fourth-order valence-electron chi connectivity index (χ4n) is 3.64. The van der Waals surface area contributed by atoms with Crippen molar-refractivity contribution in [1.29, 1.82) is 0 Å². The van der Waals surface area contributed by atoms with Crippen LogP contribution in [0.1, 0.15) is 34.0 Å². The predicted molar refractivity (Wildman–Crippen MR) is 122 cm³/mol. The van der Waals surface area contributed by atoms with E-state index in [2.05, 4.69) is 4.72 Å². The summed E-state index contributed by atoms with van der Waals surface area (Å²) in [6.07, 6.45) is -0.388. The zero-order valence-corrected chi connectivity index (χ0v) is 19.7. The molecule has 2 aromatic rings. The maximum atomic E-state index is 13.1. The number of benzene rings is 2. The summed E-state index contributed by atoms with van der Waals surface area (Å²) in [7, 11) is -3.88. The van der Waals surface area contributed by atoms with Gasteiger partial charge in [-0.2, -0.15) is 0 Å². The number of hydrogen-bond donors (Lipinski definition) is 1. The minimum absolute atomic E-state index is 0.0634. The molecule has 1 aliphatic rings. The molecule has 0 unspecified atom stereocenters. The standard InChI is InChI=1S/C23H29N3O5S/c1-5-31-23(28)26-12-10-25(11-13-26)22(27)19-8-7-17(3)21(15-19)32(29,30)24-20-9-6-16(2)14-18(20)4/h6-9,14-15,24H,5,10-13H2,1-4H3. The first kappa shape index (κ1) is 23.6. The van der Waals surface area contributed by atoms with Crippen LogP contribution in [0.5, 0.6) is 0 Å². The lowest BCUT2D eigenvalue weighted by Crippen LogP contribution is -2.50. The summed E-state index contributed by atoms with van der Waals surface area (Å²) in [6, 6.07) is 10.2. The lowest BCUT2D eigenvalue weighted by molar-refractivity contribution is 0.0570. The number of aryl methyl sites for hydroxylation is 3. The molecular weight excluding hydrogens is 430 g/mol. The van der Waals surface area contributed by atoms with Crippen LogP contribution in [-0.4, -0.2) is 63.0 Å². The van der Waals surface area contributed by atoms with Crippen molar-refractivity contribution in [1.82, 2.24) is 9.80 Å². The van der Waals surface area contributed by atoms with E-state index in [1.807, 2.05) is 26.0 Å². The van der Waals surface area contributed by atoms with Gasteiger partial charge in [0.15, 0.2) is 0 Å². The Bertz CT molecular complexity index is 1120. The largest absolute Gasteiger partial charge is 0.450 e. The third-order valence-corrected chi connectivity index (χ3v) is 6.95. The average Bonchev–Trinajstić information content (AvgIpc) is 2.75. The van der Waals surface area contributed by atoms with Crippen LogP contribution in [-0.2, 0) is 14.8 Å². The van der Waals surface area contributed by atoms with Crippen molar-refractivity contribution in [2.75, 3.05) is 37.5 Å². The Labute approximate surface area is 189 Å². The lowest BCUT2D eigenvalue weighted by Gasteiger charge is -2.34. The molecule has 8 nitrogen and oxygen atoms in total. The quantitative estimate of drug-likeness (QED) is 0.740. The van der Waals surface area contributed by atoms with Gasteiger partial charge in [-0.1, -0.05) is 23.8 Å². The first-order valence-corrected chi connectivity index (χ1v) is 12.0. The number of amides is 2. The Morgan fingerprint density at radius 3 is 2.22 bits per heavy atom. The van der Waals surface area contributed by atoms with E-state index in [0.717, 1.165) is 11.1 Å². The van der Waals surface area contributed by atoms with Crippen LogP contribution in [0.3, 0.4) is 0 Å². The van der Waals surface area contributed by atoms with Crippen molar-refractivity contribution in [3.63, 3.8) is 0 Å². The fourth-order valence-corrected chi connectivity index (χ4v) is 5.04. The van der Waals surface area contributed by atoms with Gasteiger partial charge in [-0.15, -0.1) is 0 Å². The molecule has 0 radical (unpaired) electrons. The van der Waals surface area contributed by atoms with Crippen LogP contribution in [0.15, 0.2) is 41.3 Å². The molecule has 0 saturated carbocycles. The second kappa shape index (κ2) is 9.60. The number of anilines is 1. The molecule has 0 spiro atoms. The van der Waals surface area contributed by atoms with Gasteiger partial charge in [0.1, 0.15) is 0 Å².